The Balaban J connectivity index is 1.11. The zero-order chi connectivity index (χ0) is 52.3. The van der Waals surface area contributed by atoms with E-state index in [1.807, 2.05) is 0 Å². The minimum absolute atomic E-state index is 0.00122. The molecule has 372 valence electrons. The monoisotopic (exact) mass is 985 g/mol. The van der Waals surface area contributed by atoms with Crippen LogP contribution >= 0.6 is 0 Å². The molecule has 0 amide bonds. The molecule has 0 bridgehead atoms. The van der Waals surface area contributed by atoms with E-state index in [9.17, 15) is 0 Å². The van der Waals surface area contributed by atoms with Crippen molar-refractivity contribution in [2.45, 2.75) is 118 Å². The minimum atomic E-state index is -0.0946. The topological polar surface area (TPSA) is 16.3 Å². The summed E-state index contributed by atoms with van der Waals surface area (Å²) in [5, 5.41) is 5.40. The quantitative estimate of drug-likeness (QED) is 0.161. The van der Waals surface area contributed by atoms with Crippen LogP contribution in [0, 0.1) is 0 Å². The first-order valence-corrected chi connectivity index (χ1v) is 28.0. The maximum absolute atomic E-state index is 2.79. The lowest BCUT2D eigenvalue weighted by Crippen LogP contribution is -2.59. The molecule has 0 atom stereocenters. The molecule has 4 aliphatic heterocycles. The van der Waals surface area contributed by atoms with Crippen molar-refractivity contribution < 1.29 is 0 Å². The Morgan fingerprint density at radius 3 is 1.47 bits per heavy atom. The molecule has 0 unspecified atom stereocenters. The van der Waals surface area contributed by atoms with Gasteiger partial charge in [-0.25, -0.2) is 0 Å². The van der Waals surface area contributed by atoms with E-state index < -0.39 is 0 Å². The fourth-order valence-electron chi connectivity index (χ4n) is 14.2. The van der Waals surface area contributed by atoms with Crippen molar-refractivity contribution in [3.63, 3.8) is 0 Å². The van der Waals surface area contributed by atoms with Crippen LogP contribution in [0.1, 0.15) is 124 Å². The van der Waals surface area contributed by atoms with Crippen LogP contribution in [0.2, 0.25) is 0 Å². The highest BCUT2D eigenvalue weighted by molar-refractivity contribution is 6.91. The highest BCUT2D eigenvalue weighted by atomic mass is 15.2. The standard InChI is InChI=1S/C70H66B2N4/c1-67(2,3)41-29-31-57-49(33-41)53-37-43(69(7,8)9)35-51-47-25-19-27-59-63(47)71(75(57)65(51)53)55-39-56-62(40-61(55)73(59)45-21-15-13-16-22-45)74(46-23-17-14-18-24-46)60-28-20-26-48-52-36-44(70(10,11)12)38-54-50-34-42(68(4,5)6)30-32-58(50)76(66(52)54)72(56)64(48)60/h13-19,21-27,29-40H,20,28H2,1-12H3. The maximum Gasteiger partial charge on any atom is 0.333 e. The number of hydrogen-bond acceptors (Lipinski definition) is 2. The van der Waals surface area contributed by atoms with Crippen LogP contribution < -0.4 is 26.2 Å². The Kier molecular flexibility index (Phi) is 9.16. The Morgan fingerprint density at radius 2 is 0.895 bits per heavy atom. The highest BCUT2D eigenvalue weighted by Crippen LogP contribution is 2.54. The third-order valence-electron chi connectivity index (χ3n) is 18.1. The summed E-state index contributed by atoms with van der Waals surface area (Å²) in [5.74, 6) is 0. The summed E-state index contributed by atoms with van der Waals surface area (Å²) < 4.78 is 5.57. The van der Waals surface area contributed by atoms with E-state index in [4.69, 9.17) is 0 Å². The van der Waals surface area contributed by atoms with Gasteiger partial charge in [0.25, 0.3) is 0 Å². The molecule has 0 saturated heterocycles. The van der Waals surface area contributed by atoms with Gasteiger partial charge in [-0.15, -0.1) is 0 Å². The first kappa shape index (κ1) is 45.9. The van der Waals surface area contributed by atoms with Crippen molar-refractivity contribution in [3.05, 3.63) is 197 Å². The molecule has 76 heavy (non-hydrogen) atoms. The molecule has 1 aliphatic carbocycles. The van der Waals surface area contributed by atoms with Crippen molar-refractivity contribution in [2.75, 3.05) is 9.80 Å². The largest absolute Gasteiger partial charge is 0.375 e. The summed E-state index contributed by atoms with van der Waals surface area (Å²) in [5.41, 5.74) is 29.2. The number of aromatic nitrogens is 2. The van der Waals surface area contributed by atoms with E-state index in [-0.39, 0.29) is 35.4 Å². The number of para-hydroxylation sites is 2. The molecule has 5 aliphatic rings. The van der Waals surface area contributed by atoms with E-state index in [2.05, 4.69) is 260 Å². The molecule has 10 aromatic rings. The summed E-state index contributed by atoms with van der Waals surface area (Å²) >= 11 is 0. The second-order valence-corrected chi connectivity index (χ2v) is 26.9. The number of anilines is 5. The van der Waals surface area contributed by atoms with Crippen molar-refractivity contribution in [1.29, 1.82) is 0 Å². The van der Waals surface area contributed by atoms with Gasteiger partial charge >= 0.3 is 13.7 Å². The van der Waals surface area contributed by atoms with Crippen molar-refractivity contribution >= 4 is 108 Å². The minimum Gasteiger partial charge on any atom is -0.375 e. The molecular weight excluding hydrogens is 918 g/mol. The molecule has 0 saturated carbocycles. The summed E-state index contributed by atoms with van der Waals surface area (Å²) in [6, 6.07) is 59.9. The van der Waals surface area contributed by atoms with Crippen molar-refractivity contribution in [3.8, 4) is 11.1 Å². The maximum atomic E-state index is 2.79. The van der Waals surface area contributed by atoms with Gasteiger partial charge < -0.3 is 18.8 Å². The number of rotatable bonds is 2. The van der Waals surface area contributed by atoms with Crippen LogP contribution in [0.3, 0.4) is 0 Å². The number of allylic oxidation sites excluding steroid dienone is 4. The molecule has 0 radical (unpaired) electrons. The molecule has 2 aromatic heterocycles. The summed E-state index contributed by atoms with van der Waals surface area (Å²) in [6.07, 6.45) is 4.54. The molecule has 0 spiro atoms. The number of fused-ring (bicyclic) bond motifs is 14. The fourth-order valence-corrected chi connectivity index (χ4v) is 14.2. The zero-order valence-corrected chi connectivity index (χ0v) is 46.4. The van der Waals surface area contributed by atoms with Gasteiger partial charge in [0.1, 0.15) is 0 Å². The van der Waals surface area contributed by atoms with Gasteiger partial charge in [0.15, 0.2) is 0 Å². The number of benzene rings is 8. The first-order chi connectivity index (χ1) is 36.3. The van der Waals surface area contributed by atoms with Crippen LogP contribution in [0.5, 0.6) is 0 Å². The lowest BCUT2D eigenvalue weighted by atomic mass is 9.40. The van der Waals surface area contributed by atoms with E-state index in [0.29, 0.717) is 0 Å². The smallest absolute Gasteiger partial charge is 0.333 e. The Labute approximate surface area is 449 Å². The molecule has 6 heteroatoms. The van der Waals surface area contributed by atoms with E-state index >= 15 is 0 Å². The lowest BCUT2D eigenvalue weighted by Gasteiger charge is -2.46. The molecule has 0 N–H and O–H groups in total. The van der Waals surface area contributed by atoms with Crippen LogP contribution in [0.4, 0.5) is 28.4 Å². The second-order valence-electron chi connectivity index (χ2n) is 26.9. The van der Waals surface area contributed by atoms with Crippen LogP contribution in [-0.2, 0) is 21.7 Å². The predicted octanol–water partition coefficient (Wildman–Crippen LogP) is 16.4. The molecular formula is C70H66B2N4. The summed E-state index contributed by atoms with van der Waals surface area (Å²) in [4.78, 5) is 5.27. The first-order valence-electron chi connectivity index (χ1n) is 28.0. The average molecular weight is 985 g/mol. The third kappa shape index (κ3) is 6.22. The van der Waals surface area contributed by atoms with Crippen molar-refractivity contribution in [2.24, 2.45) is 0 Å². The Bertz CT molecular complexity index is 4270. The molecule has 4 nitrogen and oxygen atoms in total. The third-order valence-corrected chi connectivity index (χ3v) is 18.1. The molecule has 8 aromatic carbocycles. The van der Waals surface area contributed by atoms with Gasteiger partial charge in [0.05, 0.1) is 0 Å². The van der Waals surface area contributed by atoms with Gasteiger partial charge in [-0.3, -0.25) is 0 Å². The van der Waals surface area contributed by atoms with Gasteiger partial charge in [0, 0.05) is 88.9 Å². The molecule has 15 rings (SSSR count). The van der Waals surface area contributed by atoms with Crippen LogP contribution in [0.25, 0.3) is 60.3 Å². The Morgan fingerprint density at radius 1 is 0.395 bits per heavy atom. The average Bonchev–Trinajstić information content (AvgIpc) is 4.11. The van der Waals surface area contributed by atoms with Gasteiger partial charge in [-0.2, -0.15) is 0 Å². The molecule has 6 heterocycles. The zero-order valence-electron chi connectivity index (χ0n) is 46.4. The summed E-state index contributed by atoms with van der Waals surface area (Å²) in [6.45, 7) is 28.2. The number of hydrogen-bond donors (Lipinski definition) is 0. The van der Waals surface area contributed by atoms with Crippen molar-refractivity contribution in [1.82, 2.24) is 8.96 Å². The highest BCUT2D eigenvalue weighted by Gasteiger charge is 2.49. The van der Waals surface area contributed by atoms with Gasteiger partial charge in [0.2, 0.25) is 0 Å². The fraction of sp³-hybridized carbons (Fsp3) is 0.257. The predicted molar refractivity (Wildman–Crippen MR) is 328 cm³/mol. The second kappa shape index (κ2) is 15.2. The summed E-state index contributed by atoms with van der Waals surface area (Å²) in [7, 11) is 0. The molecule has 0 fully saturated rings. The lowest BCUT2D eigenvalue weighted by molar-refractivity contribution is 0.590. The normalized spacial score (nSPS) is 15.7. The van der Waals surface area contributed by atoms with Gasteiger partial charge in [-0.05, 0) is 175 Å². The van der Waals surface area contributed by atoms with E-state index in [0.717, 1.165) is 12.8 Å². The van der Waals surface area contributed by atoms with Gasteiger partial charge in [-0.1, -0.05) is 156 Å². The SMILES string of the molecule is CC(C)(C)c1ccc2c(c1)c1cc(C(C)(C)C)cc3c1n2B1C2=C(CCC=C23)N(c2ccccc2)c2cc3c(cc21)B1c2c(cccc2N3c2ccccc2)-c2cc(C(C)(C)C)cc3c4cc(C(C)(C)C)ccc4n1c23. The van der Waals surface area contributed by atoms with E-state index in [1.54, 1.807) is 0 Å². The Hall–Kier alpha value is -7.43. The van der Waals surface area contributed by atoms with E-state index in [1.165, 1.54) is 144 Å². The number of nitrogens with zero attached hydrogens (tertiary/aromatic N) is 4. The van der Waals surface area contributed by atoms with Crippen LogP contribution in [0.15, 0.2) is 169 Å². The van der Waals surface area contributed by atoms with Crippen LogP contribution in [-0.4, -0.2) is 22.7 Å².